The molecule has 0 aliphatic carbocycles. The Morgan fingerprint density at radius 1 is 1.04 bits per heavy atom. The molecule has 0 radical (unpaired) electrons. The minimum atomic E-state index is -0.976. The molecular weight excluding hydrogens is 308 g/mol. The second-order valence-corrected chi connectivity index (χ2v) is 5.69. The fraction of sp³-hybridized carbons (Fsp3) is 0.316. The molecule has 0 spiro atoms. The monoisotopic (exact) mass is 328 g/mol. The molecule has 3 rings (SSSR count). The van der Waals surface area contributed by atoms with Gasteiger partial charge in [0.15, 0.2) is 11.5 Å². The predicted molar refractivity (Wildman–Crippen MR) is 90.4 cm³/mol. The van der Waals surface area contributed by atoms with Crippen LogP contribution in [0.2, 0.25) is 0 Å². The van der Waals surface area contributed by atoms with Gasteiger partial charge in [-0.25, -0.2) is 4.79 Å². The van der Waals surface area contributed by atoms with E-state index in [0.717, 1.165) is 36.0 Å². The lowest BCUT2D eigenvalue weighted by atomic mass is 9.96. The molecule has 0 saturated heterocycles. The van der Waals surface area contributed by atoms with Gasteiger partial charge in [-0.2, -0.15) is 0 Å². The van der Waals surface area contributed by atoms with Crippen molar-refractivity contribution in [3.63, 3.8) is 0 Å². The molecule has 5 nitrogen and oxygen atoms in total. The number of methoxy groups -OCH3 is 2. The highest BCUT2D eigenvalue weighted by molar-refractivity contribution is 5.93. The van der Waals surface area contributed by atoms with Gasteiger partial charge in [0.25, 0.3) is 0 Å². The van der Waals surface area contributed by atoms with Crippen molar-refractivity contribution in [2.24, 2.45) is 0 Å². The van der Waals surface area contributed by atoms with Crippen molar-refractivity contribution < 1.29 is 24.1 Å². The molecule has 0 amide bonds. The van der Waals surface area contributed by atoms with Gasteiger partial charge in [-0.3, -0.25) is 0 Å². The maximum absolute atomic E-state index is 11.7. The van der Waals surface area contributed by atoms with E-state index >= 15 is 0 Å². The molecule has 0 atom stereocenters. The summed E-state index contributed by atoms with van der Waals surface area (Å²) in [6, 6.07) is 9.23. The molecule has 1 N–H and O–H groups in total. The molecule has 0 bridgehead atoms. The Balaban J connectivity index is 2.13. The molecule has 126 valence electrons. The summed E-state index contributed by atoms with van der Waals surface area (Å²) in [5.41, 5.74) is 2.86. The fourth-order valence-corrected chi connectivity index (χ4v) is 2.98. The number of carboxylic acids is 1. The molecule has 2 aromatic rings. The van der Waals surface area contributed by atoms with E-state index < -0.39 is 5.97 Å². The average Bonchev–Trinajstić information content (AvgIpc) is 2.85. The number of fused-ring (bicyclic) bond motifs is 1. The van der Waals surface area contributed by atoms with Crippen molar-refractivity contribution in [1.82, 2.24) is 0 Å². The maximum atomic E-state index is 11.7. The zero-order chi connectivity index (χ0) is 17.1. The van der Waals surface area contributed by atoms with E-state index in [2.05, 4.69) is 0 Å². The van der Waals surface area contributed by atoms with Crippen molar-refractivity contribution in [2.75, 3.05) is 20.8 Å². The standard InChI is InChI=1S/C19H20O5/c1-22-16-7-6-12(11-17(16)23-2)14-9-13-5-3-4-8-24-18(13)15(10-14)19(20)21/h6-7,9-11H,3-5,8H2,1-2H3,(H,20,21). The summed E-state index contributed by atoms with van der Waals surface area (Å²) in [7, 11) is 3.16. The summed E-state index contributed by atoms with van der Waals surface area (Å²) >= 11 is 0. The minimum Gasteiger partial charge on any atom is -0.493 e. The number of hydrogen-bond acceptors (Lipinski definition) is 4. The summed E-state index contributed by atoms with van der Waals surface area (Å²) in [5, 5.41) is 9.56. The summed E-state index contributed by atoms with van der Waals surface area (Å²) in [6.07, 6.45) is 2.73. The lowest BCUT2D eigenvalue weighted by Crippen LogP contribution is -2.05. The van der Waals surface area contributed by atoms with Crippen LogP contribution in [0.1, 0.15) is 28.8 Å². The normalized spacial score (nSPS) is 13.4. The van der Waals surface area contributed by atoms with Crippen molar-refractivity contribution in [3.8, 4) is 28.4 Å². The van der Waals surface area contributed by atoms with Gasteiger partial charge in [-0.1, -0.05) is 6.07 Å². The zero-order valence-corrected chi connectivity index (χ0v) is 13.8. The third-order valence-corrected chi connectivity index (χ3v) is 4.20. The largest absolute Gasteiger partial charge is 0.493 e. The predicted octanol–water partition coefficient (Wildman–Crippen LogP) is 3.78. The molecule has 1 aliphatic heterocycles. The number of benzene rings is 2. The molecule has 0 fully saturated rings. The first-order valence-corrected chi connectivity index (χ1v) is 7.89. The van der Waals surface area contributed by atoms with E-state index in [0.29, 0.717) is 23.9 Å². The Morgan fingerprint density at radius 3 is 2.54 bits per heavy atom. The van der Waals surface area contributed by atoms with Crippen LogP contribution in [0, 0.1) is 0 Å². The first-order valence-electron chi connectivity index (χ1n) is 7.89. The van der Waals surface area contributed by atoms with Crippen molar-refractivity contribution in [3.05, 3.63) is 41.5 Å². The first-order chi connectivity index (χ1) is 11.6. The zero-order valence-electron chi connectivity index (χ0n) is 13.8. The number of hydrogen-bond donors (Lipinski definition) is 1. The maximum Gasteiger partial charge on any atom is 0.339 e. The van der Waals surface area contributed by atoms with E-state index in [-0.39, 0.29) is 5.56 Å². The van der Waals surface area contributed by atoms with Crippen LogP contribution in [0.3, 0.4) is 0 Å². The van der Waals surface area contributed by atoms with Crippen molar-refractivity contribution >= 4 is 5.97 Å². The first kappa shape index (κ1) is 16.2. The second kappa shape index (κ2) is 6.83. The summed E-state index contributed by atoms with van der Waals surface area (Å²) < 4.78 is 16.3. The molecule has 5 heteroatoms. The van der Waals surface area contributed by atoms with Gasteiger partial charge < -0.3 is 19.3 Å². The third-order valence-electron chi connectivity index (χ3n) is 4.20. The van der Waals surface area contributed by atoms with Gasteiger partial charge >= 0.3 is 5.97 Å². The Kier molecular flexibility index (Phi) is 4.60. The Morgan fingerprint density at radius 2 is 1.83 bits per heavy atom. The number of rotatable bonds is 4. The summed E-state index contributed by atoms with van der Waals surface area (Å²) in [5.74, 6) is 0.774. The van der Waals surface area contributed by atoms with Gasteiger partial charge in [-0.15, -0.1) is 0 Å². The van der Waals surface area contributed by atoms with Crippen LogP contribution in [-0.2, 0) is 6.42 Å². The number of ether oxygens (including phenoxy) is 3. The van der Waals surface area contributed by atoms with Gasteiger partial charge in [0.2, 0.25) is 0 Å². The van der Waals surface area contributed by atoms with Crippen LogP contribution >= 0.6 is 0 Å². The molecule has 24 heavy (non-hydrogen) atoms. The lowest BCUT2D eigenvalue weighted by molar-refractivity contribution is 0.0692. The second-order valence-electron chi connectivity index (χ2n) is 5.69. The Hall–Kier alpha value is -2.69. The average molecular weight is 328 g/mol. The topological polar surface area (TPSA) is 65.0 Å². The van der Waals surface area contributed by atoms with Crippen LogP contribution in [0.25, 0.3) is 11.1 Å². The quantitative estimate of drug-likeness (QED) is 0.925. The van der Waals surface area contributed by atoms with E-state index in [1.165, 1.54) is 0 Å². The van der Waals surface area contributed by atoms with Crippen molar-refractivity contribution in [1.29, 1.82) is 0 Å². The number of aromatic carboxylic acids is 1. The number of carboxylic acid groups (broad SMARTS) is 1. The van der Waals surface area contributed by atoms with Crippen LogP contribution in [-0.4, -0.2) is 31.9 Å². The van der Waals surface area contributed by atoms with Crippen LogP contribution in [0.15, 0.2) is 30.3 Å². The van der Waals surface area contributed by atoms with Gasteiger partial charge in [0, 0.05) is 0 Å². The lowest BCUT2D eigenvalue weighted by Gasteiger charge is -2.14. The van der Waals surface area contributed by atoms with Crippen LogP contribution in [0.5, 0.6) is 17.2 Å². The number of aryl methyl sites for hydroxylation is 1. The van der Waals surface area contributed by atoms with Crippen LogP contribution in [0.4, 0.5) is 0 Å². The minimum absolute atomic E-state index is 0.208. The molecule has 0 saturated carbocycles. The summed E-state index contributed by atoms with van der Waals surface area (Å²) in [6.45, 7) is 0.559. The highest BCUT2D eigenvalue weighted by Gasteiger charge is 2.20. The molecule has 2 aromatic carbocycles. The fourth-order valence-electron chi connectivity index (χ4n) is 2.98. The molecule has 0 unspecified atom stereocenters. The SMILES string of the molecule is COc1ccc(-c2cc3c(c(C(=O)O)c2)OCCCC3)cc1OC. The number of carbonyl (C=O) groups is 1. The van der Waals surface area contributed by atoms with Crippen molar-refractivity contribution in [2.45, 2.75) is 19.3 Å². The van der Waals surface area contributed by atoms with Gasteiger partial charge in [-0.05, 0) is 60.2 Å². The Bertz CT molecular complexity index is 767. The van der Waals surface area contributed by atoms with Gasteiger partial charge in [0.05, 0.1) is 20.8 Å². The highest BCUT2D eigenvalue weighted by atomic mass is 16.5. The van der Waals surface area contributed by atoms with E-state index in [4.69, 9.17) is 14.2 Å². The van der Waals surface area contributed by atoms with Gasteiger partial charge in [0.1, 0.15) is 11.3 Å². The molecular formula is C19H20O5. The van der Waals surface area contributed by atoms with E-state index in [1.807, 2.05) is 24.3 Å². The smallest absolute Gasteiger partial charge is 0.339 e. The third kappa shape index (κ3) is 3.02. The molecule has 1 heterocycles. The van der Waals surface area contributed by atoms with E-state index in [9.17, 15) is 9.90 Å². The van der Waals surface area contributed by atoms with E-state index in [1.54, 1.807) is 20.3 Å². The Labute approximate surface area is 140 Å². The summed E-state index contributed by atoms with van der Waals surface area (Å²) in [4.78, 5) is 11.7. The molecule has 0 aromatic heterocycles. The van der Waals surface area contributed by atoms with Crippen LogP contribution < -0.4 is 14.2 Å². The molecule has 1 aliphatic rings. The highest BCUT2D eigenvalue weighted by Crippen LogP contribution is 2.37.